The number of aryl methyl sites for hydroxylation is 7. The summed E-state index contributed by atoms with van der Waals surface area (Å²) in [6.45, 7) is 5.61. The summed E-state index contributed by atoms with van der Waals surface area (Å²) in [5.41, 5.74) is 3.53. The standard InChI is InChI=1S/2C16H16N4O4S.2C16H16N4O3S/c1-8-6-9(4-5-10(8)21)11(22)7-25-15-17-12-13(18-15)19(2)16(24)20(3)14(12)23;1-19-13-12(14(22)20(2)16(19)23)17-15(18-13)25-8-11(21)9-5-4-6-10(7-9)24-3;1-9-4-6-10(7-5-9)11(21)8-24-15-17-12-13(18-15)19(2)16(23)20(3)14(12)22;1-9-5-4-6-10(7-9)11(21)8-24-15-17-12-13(18-15)19(2)16(23)20(3)14(12)22/h4-6,21H,7H2,1-3H3,(H,17,18);4-7H,8H2,1-3H3,(H,17,18);2*4-7H,8H2,1-3H3,(H,17,18). The molecule has 5 N–H and O–H groups in total. The van der Waals surface area contributed by atoms with Gasteiger partial charge in [0.15, 0.2) is 88.4 Å². The van der Waals surface area contributed by atoms with Crippen molar-refractivity contribution < 1.29 is 29.0 Å². The molecule has 508 valence electrons. The molecule has 0 aliphatic heterocycles. The highest BCUT2D eigenvalue weighted by Crippen LogP contribution is 2.24. The zero-order valence-electron chi connectivity index (χ0n) is 54.7. The number of aromatic hydroxyl groups is 1. The molecule has 0 fully saturated rings. The number of carbonyl (C=O) groups is 4. The summed E-state index contributed by atoms with van der Waals surface area (Å²) >= 11 is 4.72. The van der Waals surface area contributed by atoms with Crippen molar-refractivity contribution in [2.45, 2.75) is 41.4 Å². The number of Topliss-reactive ketones (excluding diaryl/α,β-unsaturated/α-hetero) is 4. The van der Waals surface area contributed by atoms with Crippen LogP contribution in [0.3, 0.4) is 0 Å². The second-order valence-corrected chi connectivity index (χ2v) is 26.0. The Bertz CT molecular complexity index is 5680. The zero-order chi connectivity index (χ0) is 71.3. The molecule has 0 saturated heterocycles. The van der Waals surface area contributed by atoms with E-state index in [1.807, 2.05) is 44.2 Å². The van der Waals surface area contributed by atoms with Gasteiger partial charge in [-0.05, 0) is 62.7 Å². The van der Waals surface area contributed by atoms with Crippen LogP contribution in [-0.4, -0.2) is 135 Å². The number of nitrogens with zero attached hydrogens (tertiary/aromatic N) is 12. The van der Waals surface area contributed by atoms with E-state index >= 15 is 0 Å². The third-order valence-corrected chi connectivity index (χ3v) is 18.8. The minimum atomic E-state index is -0.462. The van der Waals surface area contributed by atoms with Gasteiger partial charge in [0, 0.05) is 78.6 Å². The first kappa shape index (κ1) is 71.5. The van der Waals surface area contributed by atoms with Crippen LogP contribution < -0.4 is 49.7 Å². The van der Waals surface area contributed by atoms with Gasteiger partial charge in [-0.1, -0.05) is 113 Å². The number of methoxy groups -OCH3 is 1. The number of phenolic OH excluding ortho intramolecular Hbond substituents is 1. The fraction of sp³-hybridized carbons (Fsp3) is 0.250. The molecule has 0 bridgehead atoms. The van der Waals surface area contributed by atoms with Crippen LogP contribution in [0, 0.1) is 20.8 Å². The van der Waals surface area contributed by atoms with Crippen molar-refractivity contribution in [3.8, 4) is 11.5 Å². The number of imidazole rings is 4. The van der Waals surface area contributed by atoms with Gasteiger partial charge in [0.25, 0.3) is 22.2 Å². The van der Waals surface area contributed by atoms with E-state index in [2.05, 4.69) is 39.9 Å². The molecule has 12 rings (SSSR count). The predicted molar refractivity (Wildman–Crippen MR) is 375 cm³/mol. The Balaban J connectivity index is 0.000000153. The maximum atomic E-state index is 12.3. The summed E-state index contributed by atoms with van der Waals surface area (Å²) in [7, 11) is 13.4. The second kappa shape index (κ2) is 30.1. The molecule has 0 atom stereocenters. The van der Waals surface area contributed by atoms with E-state index in [4.69, 9.17) is 4.74 Å². The lowest BCUT2D eigenvalue weighted by atomic mass is 10.1. The fourth-order valence-corrected chi connectivity index (χ4v) is 12.6. The molecule has 98 heavy (non-hydrogen) atoms. The van der Waals surface area contributed by atoms with Crippen molar-refractivity contribution in [2.75, 3.05) is 30.1 Å². The van der Waals surface area contributed by atoms with Crippen LogP contribution in [0.15, 0.2) is 150 Å². The highest BCUT2D eigenvalue weighted by atomic mass is 32.2. The number of carbonyl (C=O) groups excluding carboxylic acids is 4. The number of thioether (sulfide) groups is 4. The molecule has 34 heteroatoms. The lowest BCUT2D eigenvalue weighted by Gasteiger charge is -2.03. The number of aromatic nitrogens is 16. The van der Waals surface area contributed by atoms with Gasteiger partial charge in [0.2, 0.25) is 0 Å². The molecular formula is C64H64N16O14S4. The maximum absolute atomic E-state index is 12.3. The van der Waals surface area contributed by atoms with Crippen LogP contribution >= 0.6 is 47.0 Å². The first-order chi connectivity index (χ1) is 46.5. The number of benzene rings is 4. The van der Waals surface area contributed by atoms with E-state index in [0.717, 1.165) is 41.2 Å². The number of rotatable bonds is 17. The highest BCUT2D eigenvalue weighted by Gasteiger charge is 2.21. The van der Waals surface area contributed by atoms with Crippen LogP contribution in [0.5, 0.6) is 11.5 Å². The van der Waals surface area contributed by atoms with Crippen LogP contribution in [0.1, 0.15) is 58.1 Å². The van der Waals surface area contributed by atoms with Crippen molar-refractivity contribution in [3.05, 3.63) is 213 Å². The lowest BCUT2D eigenvalue weighted by Crippen LogP contribution is -2.36. The topological polar surface area (TPSA) is 388 Å². The number of hydrogen-bond donors (Lipinski definition) is 5. The van der Waals surface area contributed by atoms with Gasteiger partial charge >= 0.3 is 22.8 Å². The number of aromatic amines is 4. The van der Waals surface area contributed by atoms with Crippen molar-refractivity contribution in [1.29, 1.82) is 0 Å². The Morgan fingerprint density at radius 1 is 0.388 bits per heavy atom. The Hall–Kier alpha value is -10.8. The number of ether oxygens (including phenoxy) is 1. The molecule has 12 aromatic rings. The number of hydrogen-bond acceptors (Lipinski definition) is 22. The van der Waals surface area contributed by atoms with E-state index < -0.39 is 45.0 Å². The number of nitrogens with one attached hydrogen (secondary N) is 4. The molecule has 0 aliphatic rings. The number of ketones is 4. The summed E-state index contributed by atoms with van der Waals surface area (Å²) in [4.78, 5) is 174. The van der Waals surface area contributed by atoms with Crippen LogP contribution in [0.4, 0.5) is 0 Å². The minimum absolute atomic E-state index is 0.0223. The van der Waals surface area contributed by atoms with Gasteiger partial charge in [-0.25, -0.2) is 39.1 Å². The molecule has 0 saturated carbocycles. The molecule has 30 nitrogen and oxygen atoms in total. The number of fused-ring (bicyclic) bond motifs is 4. The van der Waals surface area contributed by atoms with Gasteiger partial charge in [-0.2, -0.15) is 0 Å². The largest absolute Gasteiger partial charge is 0.508 e. The Morgan fingerprint density at radius 3 is 1.02 bits per heavy atom. The summed E-state index contributed by atoms with van der Waals surface area (Å²) in [5.74, 6) is 1.11. The van der Waals surface area contributed by atoms with Gasteiger partial charge in [0.1, 0.15) is 11.5 Å². The SMILES string of the molecule is COc1cccc(C(=O)CSc2nc3c([nH]2)c(=O)n(C)c(=O)n3C)c1.Cc1cc(C(=O)CSc2nc3c([nH]2)c(=O)n(C)c(=O)n3C)ccc1O.Cc1ccc(C(=O)CSc2nc3c([nH]2)c(=O)n(C)c(=O)n3C)cc1.Cc1cccc(C(=O)CSc2nc3c([nH]2)c(=O)n(C)c(=O)n3C)c1. The van der Waals surface area contributed by atoms with Gasteiger partial charge < -0.3 is 29.8 Å². The summed E-state index contributed by atoms with van der Waals surface area (Å²) in [6.07, 6.45) is 0. The van der Waals surface area contributed by atoms with Crippen LogP contribution in [0.2, 0.25) is 0 Å². The zero-order valence-corrected chi connectivity index (χ0v) is 58.0. The third-order valence-electron chi connectivity index (χ3n) is 15.3. The molecule has 0 unspecified atom stereocenters. The van der Waals surface area contributed by atoms with E-state index in [9.17, 15) is 62.6 Å². The van der Waals surface area contributed by atoms with Crippen molar-refractivity contribution in [3.63, 3.8) is 0 Å². The molecule has 4 aromatic carbocycles. The minimum Gasteiger partial charge on any atom is -0.508 e. The summed E-state index contributed by atoms with van der Waals surface area (Å²) < 4.78 is 14.3. The van der Waals surface area contributed by atoms with E-state index in [1.54, 1.807) is 82.7 Å². The van der Waals surface area contributed by atoms with Gasteiger partial charge in [0.05, 0.1) is 30.1 Å². The number of H-pyrrole nitrogens is 4. The van der Waals surface area contributed by atoms with Crippen LogP contribution in [-0.2, 0) is 56.4 Å². The first-order valence-electron chi connectivity index (χ1n) is 29.3. The predicted octanol–water partition coefficient (Wildman–Crippen LogP) is 4.38. The second-order valence-electron chi connectivity index (χ2n) is 22.1. The fourth-order valence-electron chi connectivity index (χ4n) is 9.55. The van der Waals surface area contributed by atoms with E-state index in [0.29, 0.717) is 54.2 Å². The maximum Gasteiger partial charge on any atom is 0.332 e. The monoisotopic (exact) mass is 1410 g/mol. The van der Waals surface area contributed by atoms with Crippen molar-refractivity contribution in [2.24, 2.45) is 56.4 Å². The Morgan fingerprint density at radius 2 is 0.694 bits per heavy atom. The Labute approximate surface area is 569 Å². The molecule has 8 heterocycles. The molecule has 8 aromatic heterocycles. The third kappa shape index (κ3) is 15.4. The number of phenols is 1. The average molecular weight is 1410 g/mol. The van der Waals surface area contributed by atoms with Gasteiger partial charge in [-0.3, -0.25) is 74.9 Å². The average Bonchev–Trinajstić information content (AvgIpc) is 1.62. The summed E-state index contributed by atoms with van der Waals surface area (Å²) in [6, 6.07) is 26.3. The van der Waals surface area contributed by atoms with Crippen molar-refractivity contribution in [1.82, 2.24) is 76.4 Å². The lowest BCUT2D eigenvalue weighted by molar-refractivity contribution is 0.101. The molecule has 0 radical (unpaired) electrons. The highest BCUT2D eigenvalue weighted by molar-refractivity contribution is 8.00. The molecular weight excluding hydrogens is 1350 g/mol. The molecule has 0 amide bonds. The van der Waals surface area contributed by atoms with E-state index in [1.165, 1.54) is 102 Å². The smallest absolute Gasteiger partial charge is 0.332 e. The molecule has 0 aliphatic carbocycles. The molecule has 0 spiro atoms. The van der Waals surface area contributed by atoms with Gasteiger partial charge in [-0.15, -0.1) is 0 Å². The van der Waals surface area contributed by atoms with Crippen LogP contribution in [0.25, 0.3) is 44.7 Å². The quantitative estimate of drug-likeness (QED) is 0.0623. The normalized spacial score (nSPS) is 11.1. The summed E-state index contributed by atoms with van der Waals surface area (Å²) in [5, 5.41) is 11.2. The van der Waals surface area contributed by atoms with Crippen molar-refractivity contribution >= 4 is 115 Å². The van der Waals surface area contributed by atoms with E-state index in [-0.39, 0.29) is 96.5 Å². The Kier molecular flexibility index (Phi) is 21.9. The first-order valence-corrected chi connectivity index (χ1v) is 33.3.